The lowest BCUT2D eigenvalue weighted by Gasteiger charge is -2.42. The van der Waals surface area contributed by atoms with Gasteiger partial charge in [0, 0.05) is 25.7 Å². The molecule has 2 fully saturated rings. The van der Waals surface area contributed by atoms with Crippen LogP contribution in [0.3, 0.4) is 0 Å². The second kappa shape index (κ2) is 7.67. The van der Waals surface area contributed by atoms with Crippen LogP contribution in [-0.4, -0.2) is 53.7 Å². The number of ether oxygens (including phenoxy) is 1. The molecule has 0 spiro atoms. The molecule has 1 amide bonds. The number of rotatable bonds is 3. The summed E-state index contributed by atoms with van der Waals surface area (Å²) in [4.78, 5) is 16.7. The Morgan fingerprint density at radius 1 is 1.14 bits per heavy atom. The fraction of sp³-hybridized carbons (Fsp3) is 0.944. The normalized spacial score (nSPS) is 25.3. The van der Waals surface area contributed by atoms with Gasteiger partial charge in [-0.05, 0) is 65.3 Å². The maximum Gasteiger partial charge on any atom is 0.410 e. The van der Waals surface area contributed by atoms with Crippen LogP contribution in [-0.2, 0) is 4.74 Å². The first-order valence-electron chi connectivity index (χ1n) is 9.11. The molecule has 2 aliphatic rings. The van der Waals surface area contributed by atoms with Crippen molar-refractivity contribution < 1.29 is 9.53 Å². The van der Waals surface area contributed by atoms with Crippen molar-refractivity contribution in [1.82, 2.24) is 9.80 Å². The van der Waals surface area contributed by atoms with Crippen molar-refractivity contribution in [2.75, 3.05) is 26.2 Å². The molecular weight excluding hydrogens is 276 g/mol. The highest BCUT2D eigenvalue weighted by Crippen LogP contribution is 2.26. The van der Waals surface area contributed by atoms with E-state index in [1.165, 1.54) is 38.8 Å². The van der Waals surface area contributed by atoms with Gasteiger partial charge in [-0.2, -0.15) is 0 Å². The summed E-state index contributed by atoms with van der Waals surface area (Å²) in [6.45, 7) is 12.3. The van der Waals surface area contributed by atoms with Gasteiger partial charge in [-0.15, -0.1) is 0 Å². The second-order valence-corrected chi connectivity index (χ2v) is 7.99. The summed E-state index contributed by atoms with van der Waals surface area (Å²) in [6.07, 6.45) is 7.46. The molecule has 0 bridgehead atoms. The molecule has 0 radical (unpaired) electrons. The number of likely N-dealkylation sites (tertiary alicyclic amines) is 2. The molecule has 2 heterocycles. The first-order valence-corrected chi connectivity index (χ1v) is 9.11. The number of piperidine rings is 2. The van der Waals surface area contributed by atoms with Gasteiger partial charge in [0.1, 0.15) is 5.60 Å². The van der Waals surface area contributed by atoms with Crippen LogP contribution in [0.15, 0.2) is 0 Å². The van der Waals surface area contributed by atoms with Gasteiger partial charge in [-0.1, -0.05) is 13.3 Å². The van der Waals surface area contributed by atoms with Crippen molar-refractivity contribution >= 4 is 6.09 Å². The lowest BCUT2D eigenvalue weighted by Crippen LogP contribution is -2.50. The first-order chi connectivity index (χ1) is 10.4. The maximum absolute atomic E-state index is 12.1. The number of hydrogen-bond acceptors (Lipinski definition) is 3. The molecule has 22 heavy (non-hydrogen) atoms. The van der Waals surface area contributed by atoms with E-state index >= 15 is 0 Å². The van der Waals surface area contributed by atoms with E-state index in [-0.39, 0.29) is 6.09 Å². The van der Waals surface area contributed by atoms with E-state index < -0.39 is 5.60 Å². The van der Waals surface area contributed by atoms with E-state index in [0.717, 1.165) is 31.8 Å². The third-order valence-corrected chi connectivity index (χ3v) is 4.88. The van der Waals surface area contributed by atoms with E-state index in [1.807, 2.05) is 25.7 Å². The standard InChI is InChI=1S/C18H34N2O2/c1-5-7-15-8-6-11-20(14-15)16-9-12-19(13-10-16)17(21)22-18(2,3)4/h15-16H,5-14H2,1-4H3. The lowest BCUT2D eigenvalue weighted by atomic mass is 9.91. The van der Waals surface area contributed by atoms with Crippen molar-refractivity contribution in [2.24, 2.45) is 5.92 Å². The minimum Gasteiger partial charge on any atom is -0.444 e. The van der Waals surface area contributed by atoms with Crippen LogP contribution in [0.4, 0.5) is 4.79 Å². The van der Waals surface area contributed by atoms with Crippen LogP contribution in [0.2, 0.25) is 0 Å². The number of carbonyl (C=O) groups is 1. The SMILES string of the molecule is CCCC1CCCN(C2CCN(C(=O)OC(C)(C)C)CC2)C1. The van der Waals surface area contributed by atoms with Gasteiger partial charge >= 0.3 is 6.09 Å². The zero-order valence-corrected chi connectivity index (χ0v) is 14.9. The van der Waals surface area contributed by atoms with E-state index in [4.69, 9.17) is 4.74 Å². The fourth-order valence-electron chi connectivity index (χ4n) is 3.81. The smallest absolute Gasteiger partial charge is 0.410 e. The summed E-state index contributed by atoms with van der Waals surface area (Å²) in [5, 5.41) is 0. The van der Waals surface area contributed by atoms with Gasteiger partial charge in [-0.3, -0.25) is 4.90 Å². The molecule has 2 rings (SSSR count). The van der Waals surface area contributed by atoms with Crippen molar-refractivity contribution in [2.45, 2.75) is 77.9 Å². The molecule has 2 aliphatic heterocycles. The Bertz CT molecular complexity index is 355. The Hall–Kier alpha value is -0.770. The minimum absolute atomic E-state index is 0.145. The average Bonchev–Trinajstić information content (AvgIpc) is 2.46. The molecule has 0 aromatic heterocycles. The van der Waals surface area contributed by atoms with Crippen molar-refractivity contribution in [1.29, 1.82) is 0 Å². The predicted molar refractivity (Wildman–Crippen MR) is 90.0 cm³/mol. The molecule has 0 aromatic rings. The van der Waals surface area contributed by atoms with Gasteiger partial charge in [0.2, 0.25) is 0 Å². The Morgan fingerprint density at radius 2 is 1.82 bits per heavy atom. The van der Waals surface area contributed by atoms with E-state index in [9.17, 15) is 4.79 Å². The third kappa shape index (κ3) is 5.15. The largest absolute Gasteiger partial charge is 0.444 e. The highest BCUT2D eigenvalue weighted by molar-refractivity contribution is 5.68. The monoisotopic (exact) mass is 310 g/mol. The molecule has 1 atom stereocenters. The summed E-state index contributed by atoms with van der Waals surface area (Å²) in [5.41, 5.74) is -0.395. The van der Waals surface area contributed by atoms with E-state index in [2.05, 4.69) is 11.8 Å². The molecule has 0 aromatic carbocycles. The third-order valence-electron chi connectivity index (χ3n) is 4.88. The van der Waals surface area contributed by atoms with Crippen LogP contribution in [0.5, 0.6) is 0 Å². The van der Waals surface area contributed by atoms with Crippen molar-refractivity contribution in [3.05, 3.63) is 0 Å². The quantitative estimate of drug-likeness (QED) is 0.792. The Kier molecular flexibility index (Phi) is 6.13. The number of carbonyl (C=O) groups excluding carboxylic acids is 1. The minimum atomic E-state index is -0.395. The Balaban J connectivity index is 1.78. The average molecular weight is 310 g/mol. The van der Waals surface area contributed by atoms with E-state index in [0.29, 0.717) is 6.04 Å². The lowest BCUT2D eigenvalue weighted by molar-refractivity contribution is 0.0108. The molecule has 0 aliphatic carbocycles. The first kappa shape index (κ1) is 17.6. The van der Waals surface area contributed by atoms with Crippen molar-refractivity contribution in [3.63, 3.8) is 0 Å². The highest BCUT2D eigenvalue weighted by atomic mass is 16.6. The predicted octanol–water partition coefficient (Wildman–Crippen LogP) is 3.90. The zero-order chi connectivity index (χ0) is 16.2. The van der Waals surface area contributed by atoms with Crippen molar-refractivity contribution in [3.8, 4) is 0 Å². The second-order valence-electron chi connectivity index (χ2n) is 7.99. The van der Waals surface area contributed by atoms with Crippen LogP contribution in [0.25, 0.3) is 0 Å². The summed E-state index contributed by atoms with van der Waals surface area (Å²) >= 11 is 0. The van der Waals surface area contributed by atoms with Gasteiger partial charge in [0.05, 0.1) is 0 Å². The molecular formula is C18H34N2O2. The van der Waals surface area contributed by atoms with Crippen LogP contribution >= 0.6 is 0 Å². The summed E-state index contributed by atoms with van der Waals surface area (Å²) in [6, 6.07) is 0.665. The van der Waals surface area contributed by atoms with E-state index in [1.54, 1.807) is 0 Å². The highest BCUT2D eigenvalue weighted by Gasteiger charge is 2.31. The van der Waals surface area contributed by atoms with Gasteiger partial charge < -0.3 is 9.64 Å². The van der Waals surface area contributed by atoms with Gasteiger partial charge in [-0.25, -0.2) is 4.79 Å². The summed E-state index contributed by atoms with van der Waals surface area (Å²) in [7, 11) is 0. The summed E-state index contributed by atoms with van der Waals surface area (Å²) in [5.74, 6) is 0.891. The maximum atomic E-state index is 12.1. The molecule has 0 N–H and O–H groups in total. The molecule has 4 nitrogen and oxygen atoms in total. The van der Waals surface area contributed by atoms with Gasteiger partial charge in [0.25, 0.3) is 0 Å². The van der Waals surface area contributed by atoms with Crippen LogP contribution in [0, 0.1) is 5.92 Å². The number of hydrogen-bond donors (Lipinski definition) is 0. The molecule has 0 saturated carbocycles. The van der Waals surface area contributed by atoms with Gasteiger partial charge in [0.15, 0.2) is 0 Å². The van der Waals surface area contributed by atoms with Crippen LogP contribution in [0.1, 0.15) is 66.2 Å². The molecule has 4 heteroatoms. The molecule has 128 valence electrons. The fourth-order valence-corrected chi connectivity index (χ4v) is 3.81. The summed E-state index contributed by atoms with van der Waals surface area (Å²) < 4.78 is 5.48. The zero-order valence-electron chi connectivity index (χ0n) is 14.9. The Labute approximate surface area is 136 Å². The topological polar surface area (TPSA) is 32.8 Å². The van der Waals surface area contributed by atoms with Crippen LogP contribution < -0.4 is 0 Å². The molecule has 1 unspecified atom stereocenters. The molecule has 2 saturated heterocycles. The Morgan fingerprint density at radius 3 is 2.41 bits per heavy atom. The number of nitrogens with zero attached hydrogens (tertiary/aromatic N) is 2. The number of amides is 1.